The predicted molar refractivity (Wildman–Crippen MR) is 111 cm³/mol. The minimum absolute atomic E-state index is 0.00535. The van der Waals surface area contributed by atoms with Gasteiger partial charge < -0.3 is 19.4 Å². The van der Waals surface area contributed by atoms with Gasteiger partial charge in [-0.3, -0.25) is 19.4 Å². The normalized spacial score (nSPS) is 16.4. The molecule has 0 spiro atoms. The van der Waals surface area contributed by atoms with Gasteiger partial charge in [-0.25, -0.2) is 4.98 Å². The molecule has 4 rings (SSSR count). The zero-order chi connectivity index (χ0) is 21.3. The Morgan fingerprint density at radius 2 is 2.27 bits per heavy atom. The van der Waals surface area contributed by atoms with E-state index in [-0.39, 0.29) is 28.1 Å². The first-order valence-corrected chi connectivity index (χ1v) is 10.00. The predicted octanol–water partition coefficient (Wildman–Crippen LogP) is 0.992. The first-order valence-electron chi connectivity index (χ1n) is 10.00. The molecule has 1 amide bonds. The zero-order valence-electron chi connectivity index (χ0n) is 17.1. The van der Waals surface area contributed by atoms with E-state index in [1.54, 1.807) is 23.9 Å². The molecule has 158 valence electrons. The standard InChI is InChI=1S/C21H25N5O4/c1-13-5-3-7-26-18(13)24-19-16(21(26)28)11-15(17(22)25(19)8-10-29-2)20(27)23-12-14-6-4-9-30-14/h3,5,7,11,14,22H,4,6,8-10,12H2,1-2H3,(H,23,27)/t14-/m1/s1. The summed E-state index contributed by atoms with van der Waals surface area (Å²) in [4.78, 5) is 30.7. The SMILES string of the molecule is COCCn1c(=N)c(C(=O)NC[C@H]2CCCO2)cc2c(=O)n3cccc(C)c3nc21. The number of amides is 1. The van der Waals surface area contributed by atoms with Gasteiger partial charge in [0, 0.05) is 33.0 Å². The van der Waals surface area contributed by atoms with Crippen LogP contribution >= 0.6 is 0 Å². The second kappa shape index (κ2) is 8.37. The molecule has 0 bridgehead atoms. The number of hydrogen-bond donors (Lipinski definition) is 2. The third kappa shape index (κ3) is 3.61. The molecule has 30 heavy (non-hydrogen) atoms. The highest BCUT2D eigenvalue weighted by molar-refractivity contribution is 5.96. The molecule has 1 aliphatic heterocycles. The minimum atomic E-state index is -0.405. The van der Waals surface area contributed by atoms with Crippen molar-refractivity contribution in [1.29, 1.82) is 5.41 Å². The summed E-state index contributed by atoms with van der Waals surface area (Å²) in [7, 11) is 1.56. The van der Waals surface area contributed by atoms with E-state index in [2.05, 4.69) is 10.3 Å². The van der Waals surface area contributed by atoms with E-state index in [9.17, 15) is 9.59 Å². The summed E-state index contributed by atoms with van der Waals surface area (Å²) >= 11 is 0. The van der Waals surface area contributed by atoms with Crippen molar-refractivity contribution in [2.45, 2.75) is 32.4 Å². The molecule has 3 aromatic rings. The third-order valence-electron chi connectivity index (χ3n) is 5.41. The van der Waals surface area contributed by atoms with Crippen LogP contribution < -0.4 is 16.4 Å². The second-order valence-corrected chi connectivity index (χ2v) is 7.44. The van der Waals surface area contributed by atoms with Crippen molar-refractivity contribution >= 4 is 22.6 Å². The molecule has 3 aromatic heterocycles. The summed E-state index contributed by atoms with van der Waals surface area (Å²) in [5.74, 6) is -0.405. The number of rotatable bonds is 6. The Hall–Kier alpha value is -3.04. The number of pyridine rings is 2. The number of carbonyl (C=O) groups is 1. The number of hydrogen-bond acceptors (Lipinski definition) is 6. The average molecular weight is 411 g/mol. The van der Waals surface area contributed by atoms with Gasteiger partial charge in [0.15, 0.2) is 0 Å². The Labute approximate surface area is 172 Å². The molecule has 0 aliphatic carbocycles. The quantitative estimate of drug-likeness (QED) is 0.588. The van der Waals surface area contributed by atoms with E-state index in [0.717, 1.165) is 18.4 Å². The van der Waals surface area contributed by atoms with E-state index < -0.39 is 5.91 Å². The van der Waals surface area contributed by atoms with Crippen LogP contribution in [0.15, 0.2) is 29.2 Å². The Morgan fingerprint density at radius 1 is 1.43 bits per heavy atom. The Kier molecular flexibility index (Phi) is 5.65. The largest absolute Gasteiger partial charge is 0.383 e. The number of fused-ring (bicyclic) bond motifs is 2. The lowest BCUT2D eigenvalue weighted by molar-refractivity contribution is 0.0855. The smallest absolute Gasteiger partial charge is 0.267 e. The van der Waals surface area contributed by atoms with Crippen molar-refractivity contribution in [3.05, 3.63) is 51.4 Å². The fourth-order valence-corrected chi connectivity index (χ4v) is 3.78. The lowest BCUT2D eigenvalue weighted by Gasteiger charge is -2.16. The topological polar surface area (TPSA) is 111 Å². The van der Waals surface area contributed by atoms with Crippen molar-refractivity contribution in [3.63, 3.8) is 0 Å². The van der Waals surface area contributed by atoms with Gasteiger partial charge >= 0.3 is 0 Å². The van der Waals surface area contributed by atoms with E-state index >= 15 is 0 Å². The molecule has 4 heterocycles. The summed E-state index contributed by atoms with van der Waals surface area (Å²) in [6.45, 7) is 3.57. The molecular formula is C21H25N5O4. The highest BCUT2D eigenvalue weighted by Crippen LogP contribution is 2.14. The minimum Gasteiger partial charge on any atom is -0.383 e. The van der Waals surface area contributed by atoms with Crippen LogP contribution in [0.5, 0.6) is 0 Å². The van der Waals surface area contributed by atoms with E-state index in [0.29, 0.717) is 37.6 Å². The molecule has 9 heteroatoms. The van der Waals surface area contributed by atoms with Gasteiger partial charge in [0.25, 0.3) is 11.5 Å². The Morgan fingerprint density at radius 3 is 3.00 bits per heavy atom. The molecule has 1 aliphatic rings. The molecule has 0 aromatic carbocycles. The molecule has 0 unspecified atom stereocenters. The molecule has 1 saturated heterocycles. The number of nitrogens with zero attached hydrogens (tertiary/aromatic N) is 3. The zero-order valence-corrected chi connectivity index (χ0v) is 17.1. The molecule has 1 fully saturated rings. The summed E-state index contributed by atoms with van der Waals surface area (Å²) in [5.41, 5.74) is 1.58. The van der Waals surface area contributed by atoms with E-state index in [1.165, 1.54) is 10.5 Å². The highest BCUT2D eigenvalue weighted by Gasteiger charge is 2.20. The third-order valence-corrected chi connectivity index (χ3v) is 5.41. The highest BCUT2D eigenvalue weighted by atomic mass is 16.5. The van der Waals surface area contributed by atoms with Crippen LogP contribution in [0.3, 0.4) is 0 Å². The van der Waals surface area contributed by atoms with Gasteiger partial charge in [0.05, 0.1) is 23.7 Å². The van der Waals surface area contributed by atoms with Crippen molar-refractivity contribution in [2.75, 3.05) is 26.9 Å². The number of ether oxygens (including phenoxy) is 2. The molecule has 1 atom stereocenters. The van der Waals surface area contributed by atoms with Crippen molar-refractivity contribution < 1.29 is 14.3 Å². The average Bonchev–Trinajstić information content (AvgIpc) is 3.26. The van der Waals surface area contributed by atoms with Crippen LogP contribution in [-0.4, -0.2) is 52.8 Å². The maximum atomic E-state index is 13.2. The molecular weight excluding hydrogens is 386 g/mol. The van der Waals surface area contributed by atoms with Gasteiger partial charge in [0.2, 0.25) is 0 Å². The summed E-state index contributed by atoms with van der Waals surface area (Å²) < 4.78 is 13.8. The number of aromatic nitrogens is 3. The van der Waals surface area contributed by atoms with Crippen molar-refractivity contribution in [3.8, 4) is 0 Å². The van der Waals surface area contributed by atoms with Crippen LogP contribution in [0.1, 0.15) is 28.8 Å². The lowest BCUT2D eigenvalue weighted by Crippen LogP contribution is -2.38. The summed E-state index contributed by atoms with van der Waals surface area (Å²) in [6, 6.07) is 5.13. The second-order valence-electron chi connectivity index (χ2n) is 7.44. The summed E-state index contributed by atoms with van der Waals surface area (Å²) in [5, 5.41) is 11.7. The first kappa shape index (κ1) is 20.2. The number of aryl methyl sites for hydroxylation is 1. The van der Waals surface area contributed by atoms with E-state index in [4.69, 9.17) is 14.9 Å². The number of nitrogens with one attached hydrogen (secondary N) is 2. The molecule has 0 saturated carbocycles. The first-order chi connectivity index (χ1) is 14.5. The maximum Gasteiger partial charge on any atom is 0.267 e. The monoisotopic (exact) mass is 411 g/mol. The van der Waals surface area contributed by atoms with Crippen LogP contribution in [0.25, 0.3) is 16.7 Å². The van der Waals surface area contributed by atoms with E-state index in [1.807, 2.05) is 13.0 Å². The fraction of sp³-hybridized carbons (Fsp3) is 0.429. The maximum absolute atomic E-state index is 13.2. The molecule has 2 N–H and O–H groups in total. The van der Waals surface area contributed by atoms with Crippen LogP contribution in [0.4, 0.5) is 0 Å². The summed E-state index contributed by atoms with van der Waals surface area (Å²) in [6.07, 6.45) is 3.52. The van der Waals surface area contributed by atoms with Crippen LogP contribution in [0.2, 0.25) is 0 Å². The molecule has 0 radical (unpaired) electrons. The molecule has 9 nitrogen and oxygen atoms in total. The van der Waals surface area contributed by atoms with Gasteiger partial charge in [-0.15, -0.1) is 0 Å². The Balaban J connectivity index is 1.86. The van der Waals surface area contributed by atoms with Crippen LogP contribution in [0, 0.1) is 12.3 Å². The van der Waals surface area contributed by atoms with Crippen molar-refractivity contribution in [1.82, 2.24) is 19.3 Å². The Bertz CT molecular complexity index is 1220. The van der Waals surface area contributed by atoms with Gasteiger partial charge in [-0.05, 0) is 37.5 Å². The van der Waals surface area contributed by atoms with Crippen LogP contribution in [-0.2, 0) is 16.0 Å². The fourth-order valence-electron chi connectivity index (χ4n) is 3.78. The number of methoxy groups -OCH3 is 1. The van der Waals surface area contributed by atoms with Gasteiger partial charge in [0.1, 0.15) is 16.8 Å². The van der Waals surface area contributed by atoms with Gasteiger partial charge in [-0.2, -0.15) is 0 Å². The van der Waals surface area contributed by atoms with Gasteiger partial charge in [-0.1, -0.05) is 6.07 Å². The lowest BCUT2D eigenvalue weighted by atomic mass is 10.1. The van der Waals surface area contributed by atoms with Crippen molar-refractivity contribution in [2.24, 2.45) is 0 Å². The number of carbonyl (C=O) groups excluding carboxylic acids is 1.